The minimum atomic E-state index is -0.949. The van der Waals surface area contributed by atoms with E-state index in [4.69, 9.17) is 11.6 Å². The standard InChI is InChI=1S/C11H11ClN2O5/c1-2-13-10(15)6-19-11(16)8-4-3-7(12)5-9(8)14(17)18/h3-5H,2,6H2,1H3,(H,13,15). The second-order valence-electron chi connectivity index (χ2n) is 3.45. The summed E-state index contributed by atoms with van der Waals surface area (Å²) in [5.74, 6) is -1.43. The molecule has 0 spiro atoms. The fourth-order valence-corrected chi connectivity index (χ4v) is 1.45. The van der Waals surface area contributed by atoms with Gasteiger partial charge in [0, 0.05) is 17.6 Å². The zero-order chi connectivity index (χ0) is 14.4. The van der Waals surface area contributed by atoms with E-state index in [1.807, 2.05) is 0 Å². The average molecular weight is 287 g/mol. The number of rotatable bonds is 5. The van der Waals surface area contributed by atoms with Crippen molar-refractivity contribution in [2.24, 2.45) is 0 Å². The maximum Gasteiger partial charge on any atom is 0.345 e. The molecule has 0 aliphatic rings. The highest BCUT2D eigenvalue weighted by Gasteiger charge is 2.22. The normalized spacial score (nSPS) is 9.79. The van der Waals surface area contributed by atoms with Crippen molar-refractivity contribution in [3.63, 3.8) is 0 Å². The van der Waals surface area contributed by atoms with E-state index >= 15 is 0 Å². The summed E-state index contributed by atoms with van der Waals surface area (Å²) in [6.07, 6.45) is 0. The van der Waals surface area contributed by atoms with Gasteiger partial charge < -0.3 is 10.1 Å². The molecule has 0 aromatic heterocycles. The number of carbonyl (C=O) groups is 2. The van der Waals surface area contributed by atoms with Crippen molar-refractivity contribution >= 4 is 29.2 Å². The summed E-state index contributed by atoms with van der Waals surface area (Å²) in [4.78, 5) is 32.8. The predicted octanol–water partition coefficient (Wildman–Crippen LogP) is 1.54. The maximum atomic E-state index is 11.6. The number of benzene rings is 1. The zero-order valence-electron chi connectivity index (χ0n) is 10.0. The van der Waals surface area contributed by atoms with Crippen molar-refractivity contribution in [1.29, 1.82) is 0 Å². The van der Waals surface area contributed by atoms with Crippen LogP contribution in [0.3, 0.4) is 0 Å². The van der Waals surface area contributed by atoms with Gasteiger partial charge in [0.05, 0.1) is 4.92 Å². The third-order valence-corrected chi connectivity index (χ3v) is 2.32. The van der Waals surface area contributed by atoms with E-state index in [1.54, 1.807) is 6.92 Å². The Balaban J connectivity index is 2.82. The number of esters is 1. The van der Waals surface area contributed by atoms with Crippen molar-refractivity contribution in [3.05, 3.63) is 38.9 Å². The third kappa shape index (κ3) is 4.22. The lowest BCUT2D eigenvalue weighted by Crippen LogP contribution is -2.28. The third-order valence-electron chi connectivity index (χ3n) is 2.08. The molecule has 0 bridgehead atoms. The molecule has 0 saturated heterocycles. The van der Waals surface area contributed by atoms with Crippen LogP contribution in [0.4, 0.5) is 5.69 Å². The molecule has 0 aliphatic heterocycles. The smallest absolute Gasteiger partial charge is 0.345 e. The second-order valence-corrected chi connectivity index (χ2v) is 3.88. The molecule has 0 heterocycles. The van der Waals surface area contributed by atoms with Crippen LogP contribution in [-0.2, 0) is 9.53 Å². The fourth-order valence-electron chi connectivity index (χ4n) is 1.29. The molecule has 1 N–H and O–H groups in total. The Hall–Kier alpha value is -2.15. The maximum absolute atomic E-state index is 11.6. The van der Waals surface area contributed by atoms with Gasteiger partial charge in [-0.05, 0) is 19.1 Å². The van der Waals surface area contributed by atoms with E-state index in [0.29, 0.717) is 6.54 Å². The fraction of sp³-hybridized carbons (Fsp3) is 0.273. The Labute approximate surface area is 113 Å². The summed E-state index contributed by atoms with van der Waals surface area (Å²) in [7, 11) is 0. The summed E-state index contributed by atoms with van der Waals surface area (Å²) >= 11 is 5.61. The van der Waals surface area contributed by atoms with Gasteiger partial charge in [-0.25, -0.2) is 4.79 Å². The number of ether oxygens (including phenoxy) is 1. The largest absolute Gasteiger partial charge is 0.452 e. The van der Waals surface area contributed by atoms with Crippen molar-refractivity contribution in [2.45, 2.75) is 6.92 Å². The molecule has 8 heteroatoms. The number of halogens is 1. The monoisotopic (exact) mass is 286 g/mol. The quantitative estimate of drug-likeness (QED) is 0.503. The molecule has 0 unspecified atom stereocenters. The molecule has 7 nitrogen and oxygen atoms in total. The van der Waals surface area contributed by atoms with Crippen LogP contribution in [0.15, 0.2) is 18.2 Å². The van der Waals surface area contributed by atoms with Crippen LogP contribution in [0, 0.1) is 10.1 Å². The van der Waals surface area contributed by atoms with E-state index in [2.05, 4.69) is 10.1 Å². The van der Waals surface area contributed by atoms with Crippen LogP contribution in [0.1, 0.15) is 17.3 Å². The van der Waals surface area contributed by atoms with Gasteiger partial charge in [0.25, 0.3) is 11.6 Å². The van der Waals surface area contributed by atoms with Crippen LogP contribution in [0.25, 0.3) is 0 Å². The molecule has 1 aromatic rings. The highest BCUT2D eigenvalue weighted by Crippen LogP contribution is 2.23. The predicted molar refractivity (Wildman–Crippen MR) is 67.1 cm³/mol. The molecule has 1 aromatic carbocycles. The van der Waals surface area contributed by atoms with Gasteiger partial charge in [-0.1, -0.05) is 11.6 Å². The first-order chi connectivity index (χ1) is 8.95. The minimum Gasteiger partial charge on any atom is -0.452 e. The van der Waals surface area contributed by atoms with Gasteiger partial charge in [0.15, 0.2) is 6.61 Å². The zero-order valence-corrected chi connectivity index (χ0v) is 10.8. The van der Waals surface area contributed by atoms with Gasteiger partial charge in [-0.15, -0.1) is 0 Å². The molecule has 0 saturated carbocycles. The number of nitrogens with zero attached hydrogens (tertiary/aromatic N) is 1. The van der Waals surface area contributed by atoms with Gasteiger partial charge in [-0.2, -0.15) is 0 Å². The van der Waals surface area contributed by atoms with Crippen molar-refractivity contribution in [1.82, 2.24) is 5.32 Å². The number of likely N-dealkylation sites (N-methyl/N-ethyl adjacent to an activating group) is 1. The van der Waals surface area contributed by atoms with Crippen LogP contribution in [0.2, 0.25) is 5.02 Å². The molecule has 102 valence electrons. The number of carbonyl (C=O) groups excluding carboxylic acids is 2. The Morgan fingerprint density at radius 1 is 1.47 bits per heavy atom. The highest BCUT2D eigenvalue weighted by molar-refractivity contribution is 6.31. The molecular weight excluding hydrogens is 276 g/mol. The van der Waals surface area contributed by atoms with Crippen LogP contribution in [0.5, 0.6) is 0 Å². The SMILES string of the molecule is CCNC(=O)COC(=O)c1ccc(Cl)cc1[N+](=O)[O-]. The Morgan fingerprint density at radius 3 is 2.74 bits per heavy atom. The Bertz CT molecular complexity index is 518. The highest BCUT2D eigenvalue weighted by atomic mass is 35.5. The summed E-state index contributed by atoms with van der Waals surface area (Å²) < 4.78 is 4.67. The Kier molecular flexibility index (Phi) is 5.25. The van der Waals surface area contributed by atoms with Gasteiger partial charge in [0.1, 0.15) is 5.56 Å². The average Bonchev–Trinajstić information content (AvgIpc) is 2.36. The molecule has 0 aliphatic carbocycles. The first-order valence-electron chi connectivity index (χ1n) is 5.33. The number of nitrogens with one attached hydrogen (secondary N) is 1. The van der Waals surface area contributed by atoms with E-state index in [0.717, 1.165) is 6.07 Å². The van der Waals surface area contributed by atoms with E-state index in [1.165, 1.54) is 12.1 Å². The van der Waals surface area contributed by atoms with E-state index < -0.39 is 29.1 Å². The summed E-state index contributed by atoms with van der Waals surface area (Å²) in [5.41, 5.74) is -0.716. The van der Waals surface area contributed by atoms with Crippen molar-refractivity contribution < 1.29 is 19.2 Å². The topological polar surface area (TPSA) is 98.5 Å². The van der Waals surface area contributed by atoms with Gasteiger partial charge in [0.2, 0.25) is 0 Å². The van der Waals surface area contributed by atoms with Gasteiger partial charge >= 0.3 is 5.97 Å². The van der Waals surface area contributed by atoms with Crippen LogP contribution < -0.4 is 5.32 Å². The minimum absolute atomic E-state index is 0.131. The number of amides is 1. The Morgan fingerprint density at radius 2 is 2.16 bits per heavy atom. The van der Waals surface area contributed by atoms with Crippen LogP contribution >= 0.6 is 11.6 Å². The number of nitro groups is 1. The summed E-state index contributed by atoms with van der Waals surface area (Å²) in [5, 5.41) is 13.3. The molecule has 1 rings (SSSR count). The summed E-state index contributed by atoms with van der Waals surface area (Å²) in [6, 6.07) is 3.56. The molecule has 0 atom stereocenters. The number of hydrogen-bond donors (Lipinski definition) is 1. The van der Waals surface area contributed by atoms with Gasteiger partial charge in [-0.3, -0.25) is 14.9 Å². The molecule has 1 amide bonds. The van der Waals surface area contributed by atoms with Crippen molar-refractivity contribution in [2.75, 3.05) is 13.2 Å². The van der Waals surface area contributed by atoms with E-state index in [9.17, 15) is 19.7 Å². The molecular formula is C11H11ClN2O5. The lowest BCUT2D eigenvalue weighted by molar-refractivity contribution is -0.385. The number of nitro benzene ring substituents is 1. The molecule has 0 fully saturated rings. The number of hydrogen-bond acceptors (Lipinski definition) is 5. The molecule has 19 heavy (non-hydrogen) atoms. The van der Waals surface area contributed by atoms with Crippen molar-refractivity contribution in [3.8, 4) is 0 Å². The lowest BCUT2D eigenvalue weighted by atomic mass is 10.2. The first kappa shape index (κ1) is 14.9. The first-order valence-corrected chi connectivity index (χ1v) is 5.71. The lowest BCUT2D eigenvalue weighted by Gasteiger charge is -2.05. The molecule has 0 radical (unpaired) electrons. The van der Waals surface area contributed by atoms with Crippen LogP contribution in [-0.4, -0.2) is 30.0 Å². The summed E-state index contributed by atoms with van der Waals surface area (Å²) in [6.45, 7) is 1.62. The van der Waals surface area contributed by atoms with E-state index in [-0.39, 0.29) is 10.6 Å². The second kappa shape index (κ2) is 6.69.